The molecule has 1 unspecified atom stereocenters. The number of nitrogens with zero attached hydrogens (tertiary/aromatic N) is 1. The lowest BCUT2D eigenvalue weighted by Gasteiger charge is -2.30. The molecule has 0 radical (unpaired) electrons. The Kier molecular flexibility index (Phi) is 7.97. The number of alkyl halides is 3. The smallest absolute Gasteiger partial charge is 0.422 e. The molecule has 28 heavy (non-hydrogen) atoms. The third kappa shape index (κ3) is 6.29. The average molecular weight is 505 g/mol. The highest BCUT2D eigenvalue weighted by Gasteiger charge is 2.28. The Balaban J connectivity index is 0.00000280. The summed E-state index contributed by atoms with van der Waals surface area (Å²) in [5, 5.41) is 6.53. The Morgan fingerprint density at radius 1 is 1.11 bits per heavy atom. The van der Waals surface area contributed by atoms with Gasteiger partial charge in [-0.2, -0.15) is 13.2 Å². The number of fused-ring (bicyclic) bond motifs is 1. The van der Waals surface area contributed by atoms with Crippen LogP contribution in [0.1, 0.15) is 22.6 Å². The highest BCUT2D eigenvalue weighted by molar-refractivity contribution is 14.0. The summed E-state index contributed by atoms with van der Waals surface area (Å²) in [7, 11) is 1.71. The highest BCUT2D eigenvalue weighted by atomic mass is 127. The minimum absolute atomic E-state index is 0. The van der Waals surface area contributed by atoms with Crippen molar-refractivity contribution >= 4 is 29.9 Å². The predicted molar refractivity (Wildman–Crippen MR) is 114 cm³/mol. The quantitative estimate of drug-likeness (QED) is 0.351. The molecular formula is C20H23F3IN3O. The molecule has 2 aromatic carbocycles. The van der Waals surface area contributed by atoms with Gasteiger partial charge >= 0.3 is 6.18 Å². The molecule has 1 aliphatic rings. The number of rotatable bonds is 6. The van der Waals surface area contributed by atoms with E-state index in [0.717, 1.165) is 18.5 Å². The lowest BCUT2D eigenvalue weighted by molar-refractivity contribution is -0.153. The molecule has 0 aliphatic heterocycles. The molecule has 0 heterocycles. The predicted octanol–water partition coefficient (Wildman–Crippen LogP) is 4.25. The van der Waals surface area contributed by atoms with E-state index in [1.165, 1.54) is 23.3 Å². The molecule has 0 fully saturated rings. The zero-order chi connectivity index (χ0) is 19.3. The van der Waals surface area contributed by atoms with E-state index in [0.29, 0.717) is 18.4 Å². The van der Waals surface area contributed by atoms with Crippen LogP contribution in [0, 0.1) is 0 Å². The van der Waals surface area contributed by atoms with Gasteiger partial charge in [-0.15, -0.1) is 24.0 Å². The first-order chi connectivity index (χ1) is 12.9. The Morgan fingerprint density at radius 3 is 2.46 bits per heavy atom. The van der Waals surface area contributed by atoms with Crippen molar-refractivity contribution in [3.05, 3.63) is 65.2 Å². The van der Waals surface area contributed by atoms with Crippen LogP contribution >= 0.6 is 24.0 Å². The maximum atomic E-state index is 12.2. The number of benzene rings is 2. The standard InChI is InChI=1S/C20H22F3N3O.HI/c1-24-19(26-12-16-10-15-4-2-3-5-18(15)16)25-11-14-6-8-17(9-7-14)27-13-20(21,22)23;/h2-9,16H,10-13H2,1H3,(H2,24,25,26);1H. The summed E-state index contributed by atoms with van der Waals surface area (Å²) in [6.07, 6.45) is -3.26. The van der Waals surface area contributed by atoms with Crippen molar-refractivity contribution in [1.82, 2.24) is 10.6 Å². The first-order valence-electron chi connectivity index (χ1n) is 8.75. The number of guanidine groups is 1. The molecule has 152 valence electrons. The number of hydrogen-bond donors (Lipinski definition) is 2. The van der Waals surface area contributed by atoms with Gasteiger partial charge in [-0.1, -0.05) is 36.4 Å². The first kappa shape index (κ1) is 22.3. The van der Waals surface area contributed by atoms with E-state index in [2.05, 4.69) is 39.9 Å². The molecule has 8 heteroatoms. The Labute approximate surface area is 179 Å². The first-order valence-corrected chi connectivity index (χ1v) is 8.75. The van der Waals surface area contributed by atoms with Crippen LogP contribution in [0.5, 0.6) is 5.75 Å². The summed E-state index contributed by atoms with van der Waals surface area (Å²) in [6.45, 7) is 0.0346. The van der Waals surface area contributed by atoms with Crippen molar-refractivity contribution in [1.29, 1.82) is 0 Å². The Morgan fingerprint density at radius 2 is 1.82 bits per heavy atom. The maximum Gasteiger partial charge on any atom is 0.422 e. The second-order valence-corrected chi connectivity index (χ2v) is 6.45. The van der Waals surface area contributed by atoms with Crippen LogP contribution < -0.4 is 15.4 Å². The largest absolute Gasteiger partial charge is 0.484 e. The van der Waals surface area contributed by atoms with Crippen molar-refractivity contribution in [3.63, 3.8) is 0 Å². The molecule has 0 amide bonds. The number of hydrogen-bond acceptors (Lipinski definition) is 2. The fourth-order valence-electron chi connectivity index (χ4n) is 3.04. The second kappa shape index (κ2) is 9.99. The molecular weight excluding hydrogens is 482 g/mol. The second-order valence-electron chi connectivity index (χ2n) is 6.45. The zero-order valence-corrected chi connectivity index (χ0v) is 17.8. The van der Waals surface area contributed by atoms with Gasteiger partial charge in [0.05, 0.1) is 0 Å². The zero-order valence-electron chi connectivity index (χ0n) is 15.4. The summed E-state index contributed by atoms with van der Waals surface area (Å²) < 4.78 is 41.2. The van der Waals surface area contributed by atoms with Gasteiger partial charge in [0, 0.05) is 26.1 Å². The van der Waals surface area contributed by atoms with Gasteiger partial charge in [0.25, 0.3) is 0 Å². The molecule has 3 rings (SSSR count). The van der Waals surface area contributed by atoms with Gasteiger partial charge in [0.1, 0.15) is 5.75 Å². The molecule has 0 bridgehead atoms. The maximum absolute atomic E-state index is 12.2. The Hall–Kier alpha value is -1.97. The number of nitrogens with one attached hydrogen (secondary N) is 2. The molecule has 0 aromatic heterocycles. The molecule has 1 atom stereocenters. The lowest BCUT2D eigenvalue weighted by Crippen LogP contribution is -2.40. The summed E-state index contributed by atoms with van der Waals surface area (Å²) in [5.41, 5.74) is 3.71. The van der Waals surface area contributed by atoms with Crippen molar-refractivity contribution in [2.24, 2.45) is 4.99 Å². The third-order valence-corrected chi connectivity index (χ3v) is 4.49. The van der Waals surface area contributed by atoms with Gasteiger partial charge in [0.2, 0.25) is 0 Å². The van der Waals surface area contributed by atoms with E-state index in [-0.39, 0.29) is 29.7 Å². The van der Waals surface area contributed by atoms with Crippen LogP contribution in [0.4, 0.5) is 13.2 Å². The molecule has 0 saturated carbocycles. The summed E-state index contributed by atoms with van der Waals surface area (Å²) in [6, 6.07) is 14.9. The van der Waals surface area contributed by atoms with E-state index in [1.54, 1.807) is 19.2 Å². The number of aliphatic imine (C=N–C) groups is 1. The van der Waals surface area contributed by atoms with Gasteiger partial charge in [0.15, 0.2) is 12.6 Å². The van der Waals surface area contributed by atoms with Crippen molar-refractivity contribution < 1.29 is 17.9 Å². The molecule has 0 saturated heterocycles. The van der Waals surface area contributed by atoms with Crippen LogP contribution in [0.25, 0.3) is 0 Å². The monoisotopic (exact) mass is 505 g/mol. The van der Waals surface area contributed by atoms with Crippen molar-refractivity contribution in [2.75, 3.05) is 20.2 Å². The van der Waals surface area contributed by atoms with Gasteiger partial charge < -0.3 is 15.4 Å². The van der Waals surface area contributed by atoms with Crippen molar-refractivity contribution in [2.45, 2.75) is 25.1 Å². The summed E-state index contributed by atoms with van der Waals surface area (Å²) in [5.74, 6) is 1.38. The average Bonchev–Trinajstić information content (AvgIpc) is 2.63. The van der Waals surface area contributed by atoms with E-state index in [1.807, 2.05) is 0 Å². The molecule has 1 aliphatic carbocycles. The number of ether oxygens (including phenoxy) is 1. The Bertz CT molecular complexity index is 794. The van der Waals surface area contributed by atoms with Crippen LogP contribution in [0.15, 0.2) is 53.5 Å². The minimum atomic E-state index is -4.33. The fourth-order valence-corrected chi connectivity index (χ4v) is 3.04. The molecule has 2 aromatic rings. The van der Waals surface area contributed by atoms with Crippen LogP contribution in [-0.4, -0.2) is 32.3 Å². The van der Waals surface area contributed by atoms with Gasteiger partial charge in [-0.05, 0) is 35.2 Å². The molecule has 0 spiro atoms. The highest BCUT2D eigenvalue weighted by Crippen LogP contribution is 2.33. The normalized spacial score (nSPS) is 15.7. The van der Waals surface area contributed by atoms with Gasteiger partial charge in [-0.3, -0.25) is 4.99 Å². The van der Waals surface area contributed by atoms with Crippen LogP contribution in [0.2, 0.25) is 0 Å². The number of halogens is 4. The minimum Gasteiger partial charge on any atom is -0.484 e. The molecule has 2 N–H and O–H groups in total. The summed E-state index contributed by atoms with van der Waals surface area (Å²) >= 11 is 0. The van der Waals surface area contributed by atoms with E-state index >= 15 is 0 Å². The van der Waals surface area contributed by atoms with E-state index in [4.69, 9.17) is 4.74 Å². The van der Waals surface area contributed by atoms with E-state index in [9.17, 15) is 13.2 Å². The SMILES string of the molecule is CN=C(NCc1ccc(OCC(F)(F)F)cc1)NCC1Cc2ccccc21.I. The lowest BCUT2D eigenvalue weighted by atomic mass is 9.78. The van der Waals surface area contributed by atoms with Gasteiger partial charge in [-0.25, -0.2) is 0 Å². The summed E-state index contributed by atoms with van der Waals surface area (Å²) in [4.78, 5) is 4.21. The van der Waals surface area contributed by atoms with Crippen LogP contribution in [0.3, 0.4) is 0 Å². The molecule has 4 nitrogen and oxygen atoms in total. The van der Waals surface area contributed by atoms with Crippen molar-refractivity contribution in [3.8, 4) is 5.75 Å². The fraction of sp³-hybridized carbons (Fsp3) is 0.350. The van der Waals surface area contributed by atoms with E-state index < -0.39 is 12.8 Å². The topological polar surface area (TPSA) is 45.7 Å². The third-order valence-electron chi connectivity index (χ3n) is 4.49. The van der Waals surface area contributed by atoms with Crippen LogP contribution in [-0.2, 0) is 13.0 Å².